The van der Waals surface area contributed by atoms with Crippen molar-refractivity contribution < 1.29 is 23.4 Å². The molecule has 2 fully saturated rings. The number of hydrogen-bond donors (Lipinski definition) is 2. The fraction of sp³-hybridized carbons (Fsp3) is 0.478. The number of fused-ring (bicyclic) bond motifs is 1. The Hall–Kier alpha value is -2.76. The second-order valence-corrected chi connectivity index (χ2v) is 10.4. The zero-order chi connectivity index (χ0) is 23.9. The van der Waals surface area contributed by atoms with E-state index in [1.807, 2.05) is 6.92 Å². The number of nitrogens with zero attached hydrogens (tertiary/aromatic N) is 3. The van der Waals surface area contributed by atoms with Gasteiger partial charge < -0.3 is 25.3 Å². The topological polar surface area (TPSA) is 121 Å². The number of aliphatic imine (C=N–C) groups is 1. The number of nitrogens with two attached hydrogens (primary N) is 1. The summed E-state index contributed by atoms with van der Waals surface area (Å²) in [5.41, 5.74) is 6.18. The van der Waals surface area contributed by atoms with E-state index in [0.29, 0.717) is 35.5 Å². The number of ether oxygens (including phenoxy) is 3. The van der Waals surface area contributed by atoms with Gasteiger partial charge in [0, 0.05) is 37.3 Å². The van der Waals surface area contributed by atoms with E-state index in [1.54, 1.807) is 13.2 Å². The van der Waals surface area contributed by atoms with E-state index in [9.17, 15) is 9.18 Å². The smallest absolute Gasteiger partial charge is 0.275 e. The Morgan fingerprint density at radius 2 is 2.21 bits per heavy atom. The van der Waals surface area contributed by atoms with E-state index < -0.39 is 17.3 Å². The first-order chi connectivity index (χ1) is 16.3. The van der Waals surface area contributed by atoms with Crippen molar-refractivity contribution in [1.82, 2.24) is 9.97 Å². The summed E-state index contributed by atoms with van der Waals surface area (Å²) in [5.74, 6) is -0.481. The Balaban J connectivity index is 1.31. The molecule has 4 atom stereocenters. The van der Waals surface area contributed by atoms with E-state index in [-0.39, 0.29) is 22.5 Å². The van der Waals surface area contributed by atoms with Gasteiger partial charge in [-0.2, -0.15) is 0 Å². The zero-order valence-electron chi connectivity index (χ0n) is 18.9. The van der Waals surface area contributed by atoms with Crippen molar-refractivity contribution in [3.05, 3.63) is 47.7 Å². The van der Waals surface area contributed by atoms with Crippen LogP contribution >= 0.6 is 11.8 Å². The summed E-state index contributed by atoms with van der Waals surface area (Å²) < 4.78 is 31.0. The van der Waals surface area contributed by atoms with Crippen molar-refractivity contribution in [1.29, 1.82) is 0 Å². The fourth-order valence-electron chi connectivity index (χ4n) is 4.62. The average Bonchev–Trinajstić information content (AvgIpc) is 3.49. The van der Waals surface area contributed by atoms with Crippen LogP contribution in [0.3, 0.4) is 0 Å². The lowest BCUT2D eigenvalue weighted by Gasteiger charge is -2.34. The lowest BCUT2D eigenvalue weighted by Crippen LogP contribution is -2.37. The minimum Gasteiger partial charge on any atom is -0.474 e. The van der Waals surface area contributed by atoms with Gasteiger partial charge in [0.05, 0.1) is 35.4 Å². The molecular weight excluding hydrogens is 461 g/mol. The van der Waals surface area contributed by atoms with Crippen molar-refractivity contribution in [2.75, 3.05) is 32.2 Å². The van der Waals surface area contributed by atoms with Gasteiger partial charge in [-0.15, -0.1) is 0 Å². The third-order valence-corrected chi connectivity index (χ3v) is 7.86. The minimum atomic E-state index is -0.859. The van der Waals surface area contributed by atoms with Gasteiger partial charge in [0.25, 0.3) is 5.91 Å². The molecule has 3 N–H and O–H groups in total. The number of halogens is 1. The van der Waals surface area contributed by atoms with Gasteiger partial charge in [-0.25, -0.2) is 14.4 Å². The van der Waals surface area contributed by atoms with Crippen LogP contribution in [0.25, 0.3) is 0 Å². The van der Waals surface area contributed by atoms with Crippen LogP contribution < -0.4 is 15.8 Å². The molecule has 34 heavy (non-hydrogen) atoms. The number of methoxy groups -OCH3 is 1. The summed E-state index contributed by atoms with van der Waals surface area (Å²) in [7, 11) is 1.64. The first kappa shape index (κ1) is 23.0. The van der Waals surface area contributed by atoms with Crippen molar-refractivity contribution in [2.45, 2.75) is 36.2 Å². The Morgan fingerprint density at radius 3 is 2.88 bits per heavy atom. The van der Waals surface area contributed by atoms with Crippen molar-refractivity contribution in [3.8, 4) is 5.88 Å². The fourth-order valence-corrected chi connectivity index (χ4v) is 6.07. The zero-order valence-corrected chi connectivity index (χ0v) is 19.7. The highest BCUT2D eigenvalue weighted by atomic mass is 32.2. The van der Waals surface area contributed by atoms with Gasteiger partial charge in [0.2, 0.25) is 5.88 Å². The van der Waals surface area contributed by atoms with E-state index in [0.717, 1.165) is 19.4 Å². The Morgan fingerprint density at radius 1 is 1.38 bits per heavy atom. The quantitative estimate of drug-likeness (QED) is 0.583. The number of anilines is 1. The third-order valence-electron chi connectivity index (χ3n) is 6.58. The Kier molecular flexibility index (Phi) is 5.95. The van der Waals surface area contributed by atoms with Crippen LogP contribution in [-0.2, 0) is 15.0 Å². The molecule has 1 unspecified atom stereocenters. The molecule has 0 spiro atoms. The second-order valence-electron chi connectivity index (χ2n) is 8.94. The Labute approximate surface area is 200 Å². The predicted octanol–water partition coefficient (Wildman–Crippen LogP) is 2.72. The number of amides is 1. The largest absolute Gasteiger partial charge is 0.474 e. The summed E-state index contributed by atoms with van der Waals surface area (Å²) in [6, 6.07) is 4.44. The number of rotatable bonds is 8. The molecule has 1 aromatic heterocycles. The normalized spacial score (nSPS) is 29.4. The first-order valence-corrected chi connectivity index (χ1v) is 11.9. The molecule has 0 bridgehead atoms. The number of benzene rings is 1. The summed E-state index contributed by atoms with van der Waals surface area (Å²) in [4.78, 5) is 25.6. The van der Waals surface area contributed by atoms with Crippen LogP contribution in [-0.4, -0.2) is 58.8 Å². The predicted molar refractivity (Wildman–Crippen MR) is 126 cm³/mol. The van der Waals surface area contributed by atoms with Crippen LogP contribution in [0.2, 0.25) is 0 Å². The molecule has 1 saturated heterocycles. The molecule has 3 heterocycles. The maximum atomic E-state index is 15.0. The van der Waals surface area contributed by atoms with E-state index in [1.165, 1.54) is 36.3 Å². The molecular formula is C23H26FN5O4S. The SMILES string of the molecule is COC[C@]12C[C@H]1[C@](C)(c1cc(NC(=O)c3cnc(OCC4CCO4)cn3)ccc1F)N=C(N)S2. The van der Waals surface area contributed by atoms with Gasteiger partial charge in [-0.1, -0.05) is 11.8 Å². The summed E-state index contributed by atoms with van der Waals surface area (Å²) in [6.45, 7) is 3.54. The van der Waals surface area contributed by atoms with E-state index in [2.05, 4.69) is 20.3 Å². The molecule has 1 saturated carbocycles. The van der Waals surface area contributed by atoms with Crippen LogP contribution in [0.15, 0.2) is 35.6 Å². The summed E-state index contributed by atoms with van der Waals surface area (Å²) in [6.07, 6.45) is 4.59. The van der Waals surface area contributed by atoms with Gasteiger partial charge in [-0.3, -0.25) is 9.79 Å². The Bertz CT molecular complexity index is 1130. The lowest BCUT2D eigenvalue weighted by molar-refractivity contribution is -0.0727. The number of aromatic nitrogens is 2. The lowest BCUT2D eigenvalue weighted by atomic mass is 9.85. The van der Waals surface area contributed by atoms with Crippen LogP contribution in [0.5, 0.6) is 5.88 Å². The second kappa shape index (κ2) is 8.79. The number of nitrogens with one attached hydrogen (secondary N) is 1. The molecule has 180 valence electrons. The molecule has 1 amide bonds. The minimum absolute atomic E-state index is 0.0708. The summed E-state index contributed by atoms with van der Waals surface area (Å²) >= 11 is 1.49. The molecule has 5 rings (SSSR count). The molecule has 0 radical (unpaired) electrons. The monoisotopic (exact) mass is 487 g/mol. The third kappa shape index (κ3) is 4.23. The van der Waals surface area contributed by atoms with Gasteiger partial charge in [0.1, 0.15) is 18.1 Å². The van der Waals surface area contributed by atoms with Crippen LogP contribution in [0.1, 0.15) is 35.8 Å². The van der Waals surface area contributed by atoms with Gasteiger partial charge in [0.15, 0.2) is 5.17 Å². The van der Waals surface area contributed by atoms with Crippen molar-refractivity contribution in [3.63, 3.8) is 0 Å². The van der Waals surface area contributed by atoms with Crippen molar-refractivity contribution >= 4 is 28.5 Å². The molecule has 2 aromatic rings. The van der Waals surface area contributed by atoms with Crippen LogP contribution in [0.4, 0.5) is 10.1 Å². The highest BCUT2D eigenvalue weighted by molar-refractivity contribution is 8.15. The molecule has 1 aromatic carbocycles. The molecule has 11 heteroatoms. The maximum absolute atomic E-state index is 15.0. The average molecular weight is 488 g/mol. The van der Waals surface area contributed by atoms with Gasteiger partial charge in [-0.05, 0) is 31.5 Å². The number of carbonyl (C=O) groups excluding carboxylic acids is 1. The van der Waals surface area contributed by atoms with E-state index >= 15 is 0 Å². The highest BCUT2D eigenvalue weighted by Gasteiger charge is 2.66. The maximum Gasteiger partial charge on any atom is 0.275 e. The summed E-state index contributed by atoms with van der Waals surface area (Å²) in [5, 5.41) is 3.17. The van der Waals surface area contributed by atoms with Crippen LogP contribution in [0, 0.1) is 11.7 Å². The number of amidine groups is 1. The molecule has 2 aliphatic heterocycles. The van der Waals surface area contributed by atoms with Crippen molar-refractivity contribution in [2.24, 2.45) is 16.6 Å². The standard InChI is InChI=1S/C23H26FN5O4S/c1-22(18-8-23(18,12-31-2)34-21(25)29-22)15-7-13(3-4-16(15)24)28-20(30)17-9-27-19(10-26-17)33-11-14-5-6-32-14/h3-4,7,9-10,14,18H,5-6,8,11-12H2,1-2H3,(H2,25,29)(H,28,30)/t14?,18-,22-,23+/m0/s1. The van der Waals surface area contributed by atoms with Gasteiger partial charge >= 0.3 is 0 Å². The number of hydrogen-bond acceptors (Lipinski definition) is 9. The van der Waals surface area contributed by atoms with E-state index in [4.69, 9.17) is 19.9 Å². The molecule has 3 aliphatic rings. The number of carbonyl (C=O) groups is 1. The first-order valence-electron chi connectivity index (χ1n) is 11.0. The molecule has 9 nitrogen and oxygen atoms in total. The molecule has 1 aliphatic carbocycles. The number of thioether (sulfide) groups is 1. The highest BCUT2D eigenvalue weighted by Crippen LogP contribution is 2.66.